The summed E-state index contributed by atoms with van der Waals surface area (Å²) >= 11 is 0. The van der Waals surface area contributed by atoms with Crippen LogP contribution in [-0.2, 0) is 4.79 Å². The van der Waals surface area contributed by atoms with Gasteiger partial charge in [-0.05, 0) is 36.6 Å². The molecule has 1 aliphatic rings. The lowest BCUT2D eigenvalue weighted by Crippen LogP contribution is -2.48. The van der Waals surface area contributed by atoms with Crippen molar-refractivity contribution in [2.45, 2.75) is 57.0 Å². The zero-order chi connectivity index (χ0) is 19.2. The van der Waals surface area contributed by atoms with Crippen molar-refractivity contribution in [1.29, 1.82) is 0 Å². The highest BCUT2D eigenvalue weighted by Crippen LogP contribution is 2.27. The lowest BCUT2D eigenvalue weighted by atomic mass is 9.84. The van der Waals surface area contributed by atoms with Crippen LogP contribution in [0.1, 0.15) is 38.5 Å². The van der Waals surface area contributed by atoms with E-state index < -0.39 is 24.4 Å². The fraction of sp³-hybridized carbons (Fsp3) is 0.588. The third-order valence-corrected chi connectivity index (χ3v) is 4.42. The lowest BCUT2D eigenvalue weighted by molar-refractivity contribution is -0.274. The lowest BCUT2D eigenvalue weighted by Gasteiger charge is -2.26. The van der Waals surface area contributed by atoms with E-state index in [1.807, 2.05) is 0 Å². The van der Waals surface area contributed by atoms with Crippen molar-refractivity contribution < 1.29 is 27.8 Å². The van der Waals surface area contributed by atoms with Gasteiger partial charge in [0, 0.05) is 6.04 Å². The number of benzene rings is 1. The van der Waals surface area contributed by atoms with Crippen LogP contribution in [0.4, 0.5) is 18.9 Å². The number of hydrogen-bond donors (Lipinski definition) is 4. The van der Waals surface area contributed by atoms with Crippen LogP contribution in [0.25, 0.3) is 0 Å². The molecule has 1 aliphatic carbocycles. The van der Waals surface area contributed by atoms with Crippen LogP contribution in [0.5, 0.6) is 5.75 Å². The third-order valence-electron chi connectivity index (χ3n) is 4.42. The summed E-state index contributed by atoms with van der Waals surface area (Å²) in [7, 11) is 0. The maximum Gasteiger partial charge on any atom is 0.573 e. The Balaban J connectivity index is 1.77. The number of aliphatic hydroxyl groups is 1. The van der Waals surface area contributed by atoms with Crippen molar-refractivity contribution in [3.8, 4) is 5.75 Å². The number of hydrazine groups is 1. The van der Waals surface area contributed by atoms with Gasteiger partial charge in [0.2, 0.25) is 0 Å². The number of nitrogens with two attached hydrogens (primary N) is 1. The second-order valence-electron chi connectivity index (χ2n) is 6.53. The van der Waals surface area contributed by atoms with Crippen LogP contribution in [0.3, 0.4) is 0 Å². The summed E-state index contributed by atoms with van der Waals surface area (Å²) in [4.78, 5) is 12.0. The maximum absolute atomic E-state index is 12.1. The number of rotatable bonds is 7. The predicted molar refractivity (Wildman–Crippen MR) is 90.1 cm³/mol. The zero-order valence-corrected chi connectivity index (χ0v) is 14.3. The van der Waals surface area contributed by atoms with Gasteiger partial charge in [0.25, 0.3) is 5.91 Å². The van der Waals surface area contributed by atoms with Gasteiger partial charge in [0.1, 0.15) is 11.9 Å². The zero-order valence-electron chi connectivity index (χ0n) is 14.3. The number of ether oxygens (including phenoxy) is 1. The van der Waals surface area contributed by atoms with Gasteiger partial charge in [-0.2, -0.15) is 0 Å². The molecule has 0 heterocycles. The molecule has 0 spiro atoms. The van der Waals surface area contributed by atoms with E-state index in [1.165, 1.54) is 18.6 Å². The molecular formula is C17H24F3N3O3. The molecule has 0 saturated heterocycles. The minimum atomic E-state index is -4.76. The Labute approximate surface area is 149 Å². The van der Waals surface area contributed by atoms with E-state index in [-0.39, 0.29) is 5.75 Å². The molecule has 1 aromatic rings. The van der Waals surface area contributed by atoms with Crippen LogP contribution in [0, 0.1) is 5.92 Å². The minimum Gasteiger partial charge on any atom is -0.406 e. The molecule has 0 radical (unpaired) electrons. The Kier molecular flexibility index (Phi) is 7.10. The van der Waals surface area contributed by atoms with Crippen LogP contribution in [0.15, 0.2) is 24.3 Å². The van der Waals surface area contributed by atoms with Crippen molar-refractivity contribution >= 4 is 11.6 Å². The molecule has 0 aliphatic heterocycles. The average Bonchev–Trinajstić information content (AvgIpc) is 2.59. The summed E-state index contributed by atoms with van der Waals surface area (Å²) in [6.45, 7) is 0. The van der Waals surface area contributed by atoms with Crippen molar-refractivity contribution in [3.63, 3.8) is 0 Å². The third kappa shape index (κ3) is 6.72. The molecule has 9 heteroatoms. The second-order valence-corrected chi connectivity index (χ2v) is 6.53. The monoisotopic (exact) mass is 375 g/mol. The van der Waals surface area contributed by atoms with E-state index >= 15 is 0 Å². The number of aliphatic hydroxyl groups excluding tert-OH is 1. The van der Waals surface area contributed by atoms with Crippen molar-refractivity contribution in [3.05, 3.63) is 24.3 Å². The van der Waals surface area contributed by atoms with Crippen molar-refractivity contribution in [2.75, 3.05) is 5.43 Å². The Hall–Kier alpha value is -2.00. The summed E-state index contributed by atoms with van der Waals surface area (Å²) in [5, 5.41) is 10.0. The number of halogens is 3. The number of carbonyl (C=O) groups is 1. The first kappa shape index (κ1) is 20.3. The van der Waals surface area contributed by atoms with E-state index in [9.17, 15) is 23.1 Å². The topological polar surface area (TPSA) is 96.6 Å². The SMILES string of the molecule is N[C@H](CC1CCCCC1)C(O)C(=O)NNc1ccc(OC(F)(F)F)cc1. The number of hydrogen-bond acceptors (Lipinski definition) is 5. The molecule has 0 aromatic heterocycles. The fourth-order valence-electron chi connectivity index (χ4n) is 3.08. The number of alkyl halides is 3. The molecule has 1 saturated carbocycles. The van der Waals surface area contributed by atoms with Gasteiger partial charge in [0.05, 0.1) is 5.69 Å². The van der Waals surface area contributed by atoms with E-state index in [0.717, 1.165) is 37.8 Å². The van der Waals surface area contributed by atoms with Gasteiger partial charge in [-0.3, -0.25) is 15.6 Å². The maximum atomic E-state index is 12.1. The Morgan fingerprint density at radius 2 is 1.85 bits per heavy atom. The van der Waals surface area contributed by atoms with Gasteiger partial charge >= 0.3 is 6.36 Å². The Bertz CT molecular complexity index is 575. The highest BCUT2D eigenvalue weighted by atomic mass is 19.4. The first-order valence-corrected chi connectivity index (χ1v) is 8.60. The van der Waals surface area contributed by atoms with Crippen LogP contribution in [0.2, 0.25) is 0 Å². The van der Waals surface area contributed by atoms with Crippen LogP contribution in [-0.4, -0.2) is 29.5 Å². The number of carbonyl (C=O) groups excluding carboxylic acids is 1. The molecule has 1 aromatic carbocycles. The highest BCUT2D eigenvalue weighted by molar-refractivity contribution is 5.82. The molecule has 1 fully saturated rings. The molecule has 26 heavy (non-hydrogen) atoms. The van der Waals surface area contributed by atoms with Crippen LogP contribution < -0.4 is 21.3 Å². The minimum absolute atomic E-state index is 0.334. The van der Waals surface area contributed by atoms with E-state index in [2.05, 4.69) is 15.6 Å². The molecule has 1 unspecified atom stereocenters. The molecular weight excluding hydrogens is 351 g/mol. The second kappa shape index (κ2) is 9.09. The van der Waals surface area contributed by atoms with E-state index in [4.69, 9.17) is 5.73 Å². The van der Waals surface area contributed by atoms with Crippen LogP contribution >= 0.6 is 0 Å². The van der Waals surface area contributed by atoms with Gasteiger partial charge in [-0.15, -0.1) is 13.2 Å². The van der Waals surface area contributed by atoms with Crippen molar-refractivity contribution in [1.82, 2.24) is 5.43 Å². The first-order valence-electron chi connectivity index (χ1n) is 8.60. The first-order chi connectivity index (χ1) is 12.2. The number of amides is 1. The molecule has 0 bridgehead atoms. The van der Waals surface area contributed by atoms with E-state index in [0.29, 0.717) is 18.0 Å². The highest BCUT2D eigenvalue weighted by Gasteiger charge is 2.31. The number of anilines is 1. The normalized spacial score (nSPS) is 18.0. The van der Waals surface area contributed by atoms with Gasteiger partial charge in [-0.25, -0.2) is 0 Å². The summed E-state index contributed by atoms with van der Waals surface area (Å²) in [6.07, 6.45) is 0.0899. The van der Waals surface area contributed by atoms with Gasteiger partial charge in [-0.1, -0.05) is 32.1 Å². The summed E-state index contributed by atoms with van der Waals surface area (Å²) < 4.78 is 40.0. The Morgan fingerprint density at radius 3 is 2.42 bits per heavy atom. The summed E-state index contributed by atoms with van der Waals surface area (Å²) in [5.41, 5.74) is 11.1. The summed E-state index contributed by atoms with van der Waals surface area (Å²) in [6, 6.07) is 4.15. The molecule has 1 amide bonds. The predicted octanol–water partition coefficient (Wildman–Crippen LogP) is 2.69. The van der Waals surface area contributed by atoms with Crippen molar-refractivity contribution in [2.24, 2.45) is 11.7 Å². The number of nitrogens with one attached hydrogen (secondary N) is 2. The van der Waals surface area contributed by atoms with E-state index in [1.54, 1.807) is 0 Å². The molecule has 2 rings (SSSR count). The summed E-state index contributed by atoms with van der Waals surface area (Å²) in [5.74, 6) is -0.636. The largest absolute Gasteiger partial charge is 0.573 e. The average molecular weight is 375 g/mol. The fourth-order valence-corrected chi connectivity index (χ4v) is 3.08. The van der Waals surface area contributed by atoms with Gasteiger partial charge < -0.3 is 15.6 Å². The standard InChI is InChI=1S/C17H24F3N3O3/c18-17(19,20)26-13-8-6-12(7-9-13)22-23-16(25)15(24)14(21)10-11-4-2-1-3-5-11/h6-9,11,14-15,22,24H,1-5,10,21H2,(H,23,25)/t14-,15?/m1/s1. The molecule has 5 N–H and O–H groups in total. The smallest absolute Gasteiger partial charge is 0.406 e. The Morgan fingerprint density at radius 1 is 1.23 bits per heavy atom. The molecule has 2 atom stereocenters. The molecule has 146 valence electrons. The van der Waals surface area contributed by atoms with Gasteiger partial charge in [0.15, 0.2) is 0 Å². The molecule has 6 nitrogen and oxygen atoms in total. The quantitative estimate of drug-likeness (QED) is 0.550.